The molecule has 1 saturated heterocycles. The van der Waals surface area contributed by atoms with Crippen LogP contribution in [0.15, 0.2) is 0 Å². The molecule has 88 valence electrons. The lowest BCUT2D eigenvalue weighted by Gasteiger charge is -2.55. The first-order chi connectivity index (χ1) is 6.82. The Hall–Kier alpha value is -0.0800. The van der Waals surface area contributed by atoms with Crippen molar-refractivity contribution in [3.63, 3.8) is 0 Å². The molecule has 0 aromatic carbocycles. The highest BCUT2D eigenvalue weighted by Gasteiger charge is 2.58. The number of hydrogen-bond acceptors (Lipinski definition) is 2. The molecule has 3 unspecified atom stereocenters. The topological polar surface area (TPSA) is 21.3 Å². The molecule has 0 aromatic heterocycles. The number of ether oxygens (including phenoxy) is 1. The fraction of sp³-hybridized carbons (Fsp3) is 1.00. The maximum absolute atomic E-state index is 5.79. The van der Waals surface area contributed by atoms with Crippen molar-refractivity contribution in [2.75, 3.05) is 13.2 Å². The van der Waals surface area contributed by atoms with Crippen LogP contribution in [0, 0.1) is 16.7 Å². The second-order valence-electron chi connectivity index (χ2n) is 6.98. The van der Waals surface area contributed by atoms with Gasteiger partial charge >= 0.3 is 0 Å². The Balaban J connectivity index is 1.93. The summed E-state index contributed by atoms with van der Waals surface area (Å²) in [5.74, 6) is 0.766. The van der Waals surface area contributed by atoms with E-state index in [4.69, 9.17) is 4.74 Å². The van der Waals surface area contributed by atoms with E-state index in [1.165, 1.54) is 6.42 Å². The summed E-state index contributed by atoms with van der Waals surface area (Å²) in [4.78, 5) is 0. The highest BCUT2D eigenvalue weighted by molar-refractivity contribution is 5.11. The van der Waals surface area contributed by atoms with E-state index in [1.807, 2.05) is 0 Å². The molecule has 1 N–H and O–H groups in total. The lowest BCUT2D eigenvalue weighted by Crippen LogP contribution is -2.66. The average molecular weight is 211 g/mol. The lowest BCUT2D eigenvalue weighted by molar-refractivity contribution is -0.113. The number of fused-ring (bicyclic) bond motifs is 1. The molecular formula is C13H25NO. The third-order valence-corrected chi connectivity index (χ3v) is 3.95. The van der Waals surface area contributed by atoms with E-state index >= 15 is 0 Å². The Kier molecular flexibility index (Phi) is 2.63. The quantitative estimate of drug-likeness (QED) is 0.757. The van der Waals surface area contributed by atoms with E-state index in [-0.39, 0.29) is 0 Å². The van der Waals surface area contributed by atoms with Crippen LogP contribution in [0.2, 0.25) is 0 Å². The van der Waals surface area contributed by atoms with Crippen molar-refractivity contribution < 1.29 is 4.74 Å². The minimum Gasteiger partial charge on any atom is -0.377 e. The van der Waals surface area contributed by atoms with Crippen LogP contribution in [-0.2, 0) is 4.74 Å². The van der Waals surface area contributed by atoms with Gasteiger partial charge in [0, 0.05) is 30.5 Å². The summed E-state index contributed by atoms with van der Waals surface area (Å²) in [5, 5.41) is 3.74. The minimum atomic E-state index is 0.326. The maximum atomic E-state index is 5.79. The van der Waals surface area contributed by atoms with Crippen LogP contribution in [0.25, 0.3) is 0 Å². The van der Waals surface area contributed by atoms with Gasteiger partial charge in [0.05, 0.1) is 6.10 Å². The van der Waals surface area contributed by atoms with Crippen LogP contribution in [0.5, 0.6) is 0 Å². The van der Waals surface area contributed by atoms with Crippen molar-refractivity contribution in [1.82, 2.24) is 5.32 Å². The lowest BCUT2D eigenvalue weighted by atomic mass is 9.57. The van der Waals surface area contributed by atoms with Gasteiger partial charge in [-0.05, 0) is 11.8 Å². The zero-order chi connectivity index (χ0) is 11.3. The van der Waals surface area contributed by atoms with Crippen molar-refractivity contribution in [1.29, 1.82) is 0 Å². The summed E-state index contributed by atoms with van der Waals surface area (Å²) in [6.45, 7) is 13.6. The van der Waals surface area contributed by atoms with Crippen molar-refractivity contribution in [2.24, 2.45) is 16.7 Å². The molecule has 1 aliphatic carbocycles. The second kappa shape index (κ2) is 3.46. The van der Waals surface area contributed by atoms with Gasteiger partial charge in [-0.3, -0.25) is 0 Å². The second-order valence-corrected chi connectivity index (χ2v) is 6.98. The van der Waals surface area contributed by atoms with Gasteiger partial charge in [0.25, 0.3) is 0 Å². The third-order valence-electron chi connectivity index (χ3n) is 3.95. The molecule has 0 radical (unpaired) electrons. The highest BCUT2D eigenvalue weighted by Crippen LogP contribution is 2.52. The molecule has 2 rings (SSSR count). The summed E-state index contributed by atoms with van der Waals surface area (Å²) in [6.07, 6.45) is 1.76. The molecule has 2 aliphatic rings. The van der Waals surface area contributed by atoms with Crippen LogP contribution in [0.1, 0.15) is 41.0 Å². The Morgan fingerprint density at radius 3 is 2.60 bits per heavy atom. The van der Waals surface area contributed by atoms with Gasteiger partial charge in [0.15, 0.2) is 0 Å². The third kappa shape index (κ3) is 1.94. The smallest absolute Gasteiger partial charge is 0.0685 e. The van der Waals surface area contributed by atoms with Gasteiger partial charge in [0.2, 0.25) is 0 Å². The monoisotopic (exact) mass is 211 g/mol. The van der Waals surface area contributed by atoms with Crippen molar-refractivity contribution >= 4 is 0 Å². The van der Waals surface area contributed by atoms with E-state index in [0.717, 1.165) is 19.1 Å². The van der Waals surface area contributed by atoms with E-state index in [1.54, 1.807) is 0 Å². The molecular weight excluding hydrogens is 186 g/mol. The van der Waals surface area contributed by atoms with E-state index in [2.05, 4.69) is 39.9 Å². The minimum absolute atomic E-state index is 0.326. The molecule has 0 aromatic rings. The molecule has 3 atom stereocenters. The van der Waals surface area contributed by atoms with Crippen LogP contribution in [-0.4, -0.2) is 25.3 Å². The first-order valence-electron chi connectivity index (χ1n) is 6.17. The van der Waals surface area contributed by atoms with Crippen molar-refractivity contribution in [3.8, 4) is 0 Å². The molecule has 1 heterocycles. The molecule has 0 amide bonds. The highest BCUT2D eigenvalue weighted by atomic mass is 16.5. The van der Waals surface area contributed by atoms with Gasteiger partial charge in [-0.1, -0.05) is 34.6 Å². The van der Waals surface area contributed by atoms with Gasteiger partial charge in [-0.15, -0.1) is 0 Å². The first-order valence-corrected chi connectivity index (χ1v) is 6.17. The van der Waals surface area contributed by atoms with Crippen LogP contribution in [0.4, 0.5) is 0 Å². The predicted octanol–water partition coefficient (Wildman–Crippen LogP) is 2.44. The summed E-state index contributed by atoms with van der Waals surface area (Å²) in [7, 11) is 0. The van der Waals surface area contributed by atoms with Crippen LogP contribution >= 0.6 is 0 Å². The number of hydrogen-bond donors (Lipinski definition) is 1. The SMILES string of the molecule is CC(C)(C)CNC1C2CCOC2C1(C)C. The summed E-state index contributed by atoms with van der Waals surface area (Å²) in [5.41, 5.74) is 0.701. The Bertz CT molecular complexity index is 241. The van der Waals surface area contributed by atoms with Gasteiger partial charge in [-0.25, -0.2) is 0 Å². The molecule has 2 heteroatoms. The largest absolute Gasteiger partial charge is 0.377 e. The fourth-order valence-electron chi connectivity index (χ4n) is 3.15. The van der Waals surface area contributed by atoms with Crippen molar-refractivity contribution in [3.05, 3.63) is 0 Å². The van der Waals surface area contributed by atoms with Crippen molar-refractivity contribution in [2.45, 2.75) is 53.2 Å². The first kappa shape index (κ1) is 11.4. The predicted molar refractivity (Wildman–Crippen MR) is 62.9 cm³/mol. The molecule has 2 nitrogen and oxygen atoms in total. The Morgan fingerprint density at radius 1 is 1.33 bits per heavy atom. The Morgan fingerprint density at radius 2 is 2.00 bits per heavy atom. The van der Waals surface area contributed by atoms with Crippen LogP contribution in [0.3, 0.4) is 0 Å². The summed E-state index contributed by atoms with van der Waals surface area (Å²) < 4.78 is 5.79. The zero-order valence-corrected chi connectivity index (χ0v) is 10.8. The normalized spacial score (nSPS) is 38.6. The van der Waals surface area contributed by atoms with Gasteiger partial charge in [-0.2, -0.15) is 0 Å². The molecule has 2 fully saturated rings. The molecule has 0 bridgehead atoms. The van der Waals surface area contributed by atoms with E-state index < -0.39 is 0 Å². The van der Waals surface area contributed by atoms with E-state index in [0.29, 0.717) is 23.0 Å². The molecule has 1 saturated carbocycles. The van der Waals surface area contributed by atoms with Gasteiger partial charge < -0.3 is 10.1 Å². The Labute approximate surface area is 93.8 Å². The number of rotatable bonds is 2. The zero-order valence-electron chi connectivity index (χ0n) is 10.8. The fourth-order valence-corrected chi connectivity index (χ4v) is 3.15. The standard InChI is InChI=1S/C13H25NO/c1-12(2,3)8-14-10-9-6-7-15-11(9)13(10,4)5/h9-11,14H,6-8H2,1-5H3. The summed E-state index contributed by atoms with van der Waals surface area (Å²) in [6, 6.07) is 0.657. The average Bonchev–Trinajstić information content (AvgIpc) is 2.47. The summed E-state index contributed by atoms with van der Waals surface area (Å²) >= 11 is 0. The maximum Gasteiger partial charge on any atom is 0.0685 e. The van der Waals surface area contributed by atoms with E-state index in [9.17, 15) is 0 Å². The van der Waals surface area contributed by atoms with Crippen LogP contribution < -0.4 is 5.32 Å². The molecule has 1 aliphatic heterocycles. The van der Waals surface area contributed by atoms with Gasteiger partial charge in [0.1, 0.15) is 0 Å². The molecule has 15 heavy (non-hydrogen) atoms. The number of nitrogens with one attached hydrogen (secondary N) is 1. The molecule has 0 spiro atoms.